The fourth-order valence-electron chi connectivity index (χ4n) is 4.60. The van der Waals surface area contributed by atoms with Gasteiger partial charge < -0.3 is 10.2 Å². The van der Waals surface area contributed by atoms with Gasteiger partial charge in [0.05, 0.1) is 5.92 Å². The number of nitrogens with one attached hydrogen (secondary N) is 1. The third kappa shape index (κ3) is 4.60. The van der Waals surface area contributed by atoms with Crippen molar-refractivity contribution in [2.75, 3.05) is 18.5 Å². The molecule has 29 heavy (non-hydrogen) atoms. The highest BCUT2D eigenvalue weighted by Gasteiger charge is 2.27. The van der Waals surface area contributed by atoms with Crippen LogP contribution in [0.5, 0.6) is 0 Å². The molecular formula is C24H33N3O2. The molecule has 156 valence electrons. The summed E-state index contributed by atoms with van der Waals surface area (Å²) in [5, 5.41) is 2.99. The second-order valence-corrected chi connectivity index (χ2v) is 8.68. The van der Waals surface area contributed by atoms with Gasteiger partial charge in [-0.3, -0.25) is 9.59 Å². The molecule has 1 saturated carbocycles. The zero-order valence-electron chi connectivity index (χ0n) is 18.3. The summed E-state index contributed by atoms with van der Waals surface area (Å²) in [6, 6.07) is 6.52. The van der Waals surface area contributed by atoms with Gasteiger partial charge in [-0.1, -0.05) is 38.3 Å². The van der Waals surface area contributed by atoms with E-state index in [1.54, 1.807) is 0 Å². The van der Waals surface area contributed by atoms with Crippen LogP contribution in [0.1, 0.15) is 75.2 Å². The van der Waals surface area contributed by atoms with Gasteiger partial charge >= 0.3 is 0 Å². The number of carbonyl (C=O) groups excluding carboxylic acids is 2. The van der Waals surface area contributed by atoms with Crippen LogP contribution in [0, 0.1) is 5.92 Å². The zero-order valence-corrected chi connectivity index (χ0v) is 18.3. The van der Waals surface area contributed by atoms with Crippen LogP contribution in [0.25, 0.3) is 0 Å². The normalized spacial score (nSPS) is 19.9. The predicted octanol–water partition coefficient (Wildman–Crippen LogP) is 4.48. The number of benzene rings is 1. The van der Waals surface area contributed by atoms with Crippen LogP contribution in [-0.4, -0.2) is 37.2 Å². The lowest BCUT2D eigenvalue weighted by molar-refractivity contribution is -0.120. The van der Waals surface area contributed by atoms with Gasteiger partial charge in [-0.2, -0.15) is 0 Å². The zero-order chi connectivity index (χ0) is 21.1. The van der Waals surface area contributed by atoms with Gasteiger partial charge in [-0.25, -0.2) is 4.99 Å². The topological polar surface area (TPSA) is 61.8 Å². The number of anilines is 1. The molecule has 3 rings (SSSR count). The average Bonchev–Trinajstić information content (AvgIpc) is 3.20. The lowest BCUT2D eigenvalue weighted by Crippen LogP contribution is -2.35. The fourth-order valence-corrected chi connectivity index (χ4v) is 4.60. The number of rotatable bonds is 6. The summed E-state index contributed by atoms with van der Waals surface area (Å²) >= 11 is 0. The van der Waals surface area contributed by atoms with Gasteiger partial charge in [-0.15, -0.1) is 0 Å². The van der Waals surface area contributed by atoms with Crippen molar-refractivity contribution in [1.29, 1.82) is 0 Å². The van der Waals surface area contributed by atoms with Crippen molar-refractivity contribution in [2.45, 2.75) is 65.3 Å². The van der Waals surface area contributed by atoms with Crippen LogP contribution in [0.15, 0.2) is 34.8 Å². The van der Waals surface area contributed by atoms with Crippen molar-refractivity contribution < 1.29 is 9.59 Å². The van der Waals surface area contributed by atoms with Gasteiger partial charge in [0.25, 0.3) is 11.8 Å². The number of amides is 2. The van der Waals surface area contributed by atoms with E-state index < -0.39 is 0 Å². The van der Waals surface area contributed by atoms with Gasteiger partial charge in [0.15, 0.2) is 0 Å². The van der Waals surface area contributed by atoms with Gasteiger partial charge in [0, 0.05) is 36.6 Å². The van der Waals surface area contributed by atoms with Crippen LogP contribution in [0.4, 0.5) is 5.69 Å². The van der Waals surface area contributed by atoms with E-state index in [0.29, 0.717) is 11.6 Å². The number of hydrogen-bond donors (Lipinski definition) is 1. The molecule has 0 aromatic heterocycles. The molecule has 5 nitrogen and oxygen atoms in total. The number of dihydropyridines is 1. The summed E-state index contributed by atoms with van der Waals surface area (Å²) in [6.07, 6.45) is 6.88. The molecule has 1 atom stereocenters. The number of aliphatic imine (C=N–C) groups is 1. The van der Waals surface area contributed by atoms with Crippen LogP contribution >= 0.6 is 0 Å². The van der Waals surface area contributed by atoms with E-state index in [4.69, 9.17) is 0 Å². The predicted molar refractivity (Wildman–Crippen MR) is 119 cm³/mol. The molecule has 1 heterocycles. The number of hydrogen-bond acceptors (Lipinski definition) is 3. The Hall–Kier alpha value is -2.43. The van der Waals surface area contributed by atoms with E-state index in [-0.39, 0.29) is 30.2 Å². The maximum Gasteiger partial charge on any atom is 0.254 e. The molecule has 1 aliphatic heterocycles. The van der Waals surface area contributed by atoms with Crippen LogP contribution < -0.4 is 10.2 Å². The molecule has 1 fully saturated rings. The lowest BCUT2D eigenvalue weighted by atomic mass is 9.92. The van der Waals surface area contributed by atoms with E-state index in [1.807, 2.05) is 32.1 Å². The molecule has 0 radical (unpaired) electrons. The smallest absolute Gasteiger partial charge is 0.254 e. The summed E-state index contributed by atoms with van der Waals surface area (Å²) in [5.41, 5.74) is 4.59. The van der Waals surface area contributed by atoms with Crippen molar-refractivity contribution in [3.05, 3.63) is 41.0 Å². The van der Waals surface area contributed by atoms with E-state index in [2.05, 4.69) is 42.2 Å². The highest BCUT2D eigenvalue weighted by Crippen LogP contribution is 2.34. The van der Waals surface area contributed by atoms with Crippen molar-refractivity contribution in [3.8, 4) is 0 Å². The number of allylic oxidation sites excluding steroid dienone is 1. The Morgan fingerprint density at radius 1 is 1.24 bits per heavy atom. The standard InChI is InChI=1S/C24H33N3O2/c1-15(2)22-19(11-8-12-21(22)27(5)18-9-6-7-10-18)23(28)25-14-20-16(3)13-17(4)26-24(20)29/h8,11-13,15,18,20H,6-7,9-10,14H2,1-5H3,(H,25,28). The number of carbonyl (C=O) groups is 2. The summed E-state index contributed by atoms with van der Waals surface area (Å²) in [7, 11) is 2.15. The quantitative estimate of drug-likeness (QED) is 0.772. The summed E-state index contributed by atoms with van der Waals surface area (Å²) < 4.78 is 0. The van der Waals surface area contributed by atoms with Crippen LogP contribution in [0.2, 0.25) is 0 Å². The molecule has 0 saturated heterocycles. The first-order chi connectivity index (χ1) is 13.8. The van der Waals surface area contributed by atoms with Gasteiger partial charge in [-0.05, 0) is 56.4 Å². The molecular weight excluding hydrogens is 362 g/mol. The second-order valence-electron chi connectivity index (χ2n) is 8.68. The second kappa shape index (κ2) is 8.93. The Balaban J connectivity index is 1.80. The van der Waals surface area contributed by atoms with E-state index >= 15 is 0 Å². The van der Waals surface area contributed by atoms with E-state index in [0.717, 1.165) is 22.5 Å². The Labute approximate surface area is 174 Å². The Morgan fingerprint density at radius 2 is 1.93 bits per heavy atom. The third-order valence-corrected chi connectivity index (χ3v) is 6.20. The molecule has 2 aliphatic rings. The molecule has 0 bridgehead atoms. The fraction of sp³-hybridized carbons (Fsp3) is 0.542. The third-order valence-electron chi connectivity index (χ3n) is 6.20. The monoisotopic (exact) mass is 395 g/mol. The first-order valence-electron chi connectivity index (χ1n) is 10.7. The van der Waals surface area contributed by atoms with E-state index in [9.17, 15) is 9.59 Å². The molecule has 1 aliphatic carbocycles. The maximum absolute atomic E-state index is 13.1. The van der Waals surface area contributed by atoms with Crippen molar-refractivity contribution in [2.24, 2.45) is 10.9 Å². The molecule has 1 unspecified atom stereocenters. The average molecular weight is 396 g/mol. The SMILES string of the molecule is CC1=CC(C)=NC(=O)C1CNC(=O)c1cccc(N(C)C2CCCC2)c1C(C)C. The summed E-state index contributed by atoms with van der Waals surface area (Å²) in [6.45, 7) is 8.28. The maximum atomic E-state index is 13.1. The summed E-state index contributed by atoms with van der Waals surface area (Å²) in [5.74, 6) is -0.459. The molecule has 1 aromatic rings. The minimum absolute atomic E-state index is 0.123. The van der Waals surface area contributed by atoms with Crippen LogP contribution in [-0.2, 0) is 4.79 Å². The Kier molecular flexibility index (Phi) is 6.56. The van der Waals surface area contributed by atoms with Crippen LogP contribution in [0.3, 0.4) is 0 Å². The Morgan fingerprint density at radius 3 is 2.55 bits per heavy atom. The minimum atomic E-state index is -0.380. The highest BCUT2D eigenvalue weighted by atomic mass is 16.2. The first-order valence-corrected chi connectivity index (χ1v) is 10.7. The molecule has 1 aromatic carbocycles. The van der Waals surface area contributed by atoms with Gasteiger partial charge in [0.1, 0.15) is 0 Å². The molecule has 1 N–H and O–H groups in total. The van der Waals surface area contributed by atoms with E-state index in [1.165, 1.54) is 25.7 Å². The van der Waals surface area contributed by atoms with Crippen molar-refractivity contribution in [3.63, 3.8) is 0 Å². The largest absolute Gasteiger partial charge is 0.371 e. The number of nitrogens with zero attached hydrogens (tertiary/aromatic N) is 2. The minimum Gasteiger partial charge on any atom is -0.371 e. The molecule has 2 amide bonds. The Bertz CT molecular complexity index is 848. The van der Waals surface area contributed by atoms with Crippen molar-refractivity contribution >= 4 is 23.2 Å². The highest BCUT2D eigenvalue weighted by molar-refractivity contribution is 6.06. The molecule has 0 spiro atoms. The van der Waals surface area contributed by atoms with Gasteiger partial charge in [0.2, 0.25) is 0 Å². The molecule has 5 heteroatoms. The lowest BCUT2D eigenvalue weighted by Gasteiger charge is -2.31. The van der Waals surface area contributed by atoms with Crippen molar-refractivity contribution in [1.82, 2.24) is 5.32 Å². The summed E-state index contributed by atoms with van der Waals surface area (Å²) in [4.78, 5) is 31.7. The first kappa shape index (κ1) is 21.3.